The molecular weight excluding hydrogens is 336 g/mol. The van der Waals surface area contributed by atoms with Gasteiger partial charge in [0.1, 0.15) is 0 Å². The number of amides is 1. The summed E-state index contributed by atoms with van der Waals surface area (Å²) in [5, 5.41) is 3.56. The summed E-state index contributed by atoms with van der Waals surface area (Å²) in [4.78, 5) is 11.9. The standard InChI is InChI=1S/C12H15ClINO/c1-7(2)8(3)15-12(16)9-4-5-11(14)10(13)6-9/h4-8H,1-3H3,(H,15,16). The molecule has 1 aromatic carbocycles. The molecule has 0 fully saturated rings. The second-order valence-corrected chi connectivity index (χ2v) is 5.70. The maximum absolute atomic E-state index is 11.9. The van der Waals surface area contributed by atoms with E-state index in [4.69, 9.17) is 11.6 Å². The van der Waals surface area contributed by atoms with Crippen LogP contribution in [0.1, 0.15) is 31.1 Å². The van der Waals surface area contributed by atoms with Crippen LogP contribution in [-0.2, 0) is 0 Å². The third-order valence-corrected chi connectivity index (χ3v) is 4.11. The summed E-state index contributed by atoms with van der Waals surface area (Å²) in [6, 6.07) is 5.49. The van der Waals surface area contributed by atoms with Gasteiger partial charge in [-0.25, -0.2) is 0 Å². The lowest BCUT2D eigenvalue weighted by atomic mass is 10.1. The zero-order valence-corrected chi connectivity index (χ0v) is 12.5. The summed E-state index contributed by atoms with van der Waals surface area (Å²) in [6.45, 7) is 6.15. The topological polar surface area (TPSA) is 29.1 Å². The average molecular weight is 352 g/mol. The maximum atomic E-state index is 11.9. The summed E-state index contributed by atoms with van der Waals surface area (Å²) in [6.07, 6.45) is 0. The van der Waals surface area contributed by atoms with Gasteiger partial charge in [0.25, 0.3) is 5.91 Å². The lowest BCUT2D eigenvalue weighted by Crippen LogP contribution is -2.36. The van der Waals surface area contributed by atoms with Gasteiger partial charge in [0.05, 0.1) is 5.02 Å². The van der Waals surface area contributed by atoms with Crippen LogP contribution < -0.4 is 5.32 Å². The van der Waals surface area contributed by atoms with Crippen LogP contribution in [0, 0.1) is 9.49 Å². The molecule has 0 spiro atoms. The van der Waals surface area contributed by atoms with Crippen molar-refractivity contribution in [2.45, 2.75) is 26.8 Å². The van der Waals surface area contributed by atoms with Crippen molar-refractivity contribution in [2.75, 3.05) is 0 Å². The molecule has 0 saturated heterocycles. The quantitative estimate of drug-likeness (QED) is 0.826. The first-order valence-electron chi connectivity index (χ1n) is 5.17. The zero-order chi connectivity index (χ0) is 12.3. The Bertz CT molecular complexity index is 393. The molecular formula is C12H15ClINO. The Labute approximate surface area is 115 Å². The van der Waals surface area contributed by atoms with Gasteiger partial charge < -0.3 is 5.32 Å². The number of carbonyl (C=O) groups excluding carboxylic acids is 1. The van der Waals surface area contributed by atoms with Crippen LogP contribution in [0.25, 0.3) is 0 Å². The third-order valence-electron chi connectivity index (χ3n) is 2.54. The van der Waals surface area contributed by atoms with Crippen LogP contribution in [0.3, 0.4) is 0 Å². The first-order chi connectivity index (χ1) is 7.41. The van der Waals surface area contributed by atoms with E-state index in [0.717, 1.165) is 3.57 Å². The second-order valence-electron chi connectivity index (χ2n) is 4.14. The van der Waals surface area contributed by atoms with E-state index in [1.165, 1.54) is 0 Å². The molecule has 0 bridgehead atoms. The summed E-state index contributed by atoms with van der Waals surface area (Å²) in [5.41, 5.74) is 0.609. The van der Waals surface area contributed by atoms with E-state index in [0.29, 0.717) is 16.5 Å². The highest BCUT2D eigenvalue weighted by molar-refractivity contribution is 14.1. The van der Waals surface area contributed by atoms with Crippen molar-refractivity contribution < 1.29 is 4.79 Å². The maximum Gasteiger partial charge on any atom is 0.251 e. The van der Waals surface area contributed by atoms with E-state index in [1.807, 2.05) is 13.0 Å². The Kier molecular flexibility index (Phi) is 5.05. The molecule has 1 rings (SSSR count). The van der Waals surface area contributed by atoms with Crippen LogP contribution >= 0.6 is 34.2 Å². The minimum absolute atomic E-state index is 0.0699. The van der Waals surface area contributed by atoms with E-state index < -0.39 is 0 Å². The van der Waals surface area contributed by atoms with Crippen molar-refractivity contribution in [3.05, 3.63) is 32.4 Å². The minimum Gasteiger partial charge on any atom is -0.349 e. The minimum atomic E-state index is -0.0699. The number of rotatable bonds is 3. The number of hydrogen-bond donors (Lipinski definition) is 1. The Morgan fingerprint density at radius 2 is 2.00 bits per heavy atom. The van der Waals surface area contributed by atoms with Gasteiger partial charge in [0.2, 0.25) is 0 Å². The van der Waals surface area contributed by atoms with Gasteiger partial charge >= 0.3 is 0 Å². The number of hydrogen-bond acceptors (Lipinski definition) is 1. The van der Waals surface area contributed by atoms with Gasteiger partial charge in [-0.2, -0.15) is 0 Å². The second kappa shape index (κ2) is 5.87. The summed E-state index contributed by atoms with van der Waals surface area (Å²) in [7, 11) is 0. The number of carbonyl (C=O) groups is 1. The molecule has 0 aliphatic carbocycles. The van der Waals surface area contributed by atoms with Crippen molar-refractivity contribution in [1.82, 2.24) is 5.32 Å². The van der Waals surface area contributed by atoms with Gasteiger partial charge in [0.15, 0.2) is 0 Å². The molecule has 1 amide bonds. The van der Waals surface area contributed by atoms with Gasteiger partial charge in [-0.15, -0.1) is 0 Å². The summed E-state index contributed by atoms with van der Waals surface area (Å²) < 4.78 is 0.952. The highest BCUT2D eigenvalue weighted by atomic mass is 127. The van der Waals surface area contributed by atoms with Gasteiger partial charge in [-0.05, 0) is 53.6 Å². The highest BCUT2D eigenvalue weighted by Gasteiger charge is 2.13. The van der Waals surface area contributed by atoms with Crippen molar-refractivity contribution in [3.63, 3.8) is 0 Å². The first kappa shape index (κ1) is 13.8. The Morgan fingerprint density at radius 1 is 1.38 bits per heavy atom. The van der Waals surface area contributed by atoms with Crippen LogP contribution in [0.4, 0.5) is 0 Å². The molecule has 88 valence electrons. The Balaban J connectivity index is 2.77. The molecule has 1 unspecified atom stereocenters. The fourth-order valence-corrected chi connectivity index (χ4v) is 1.61. The molecule has 0 aliphatic heterocycles. The molecule has 1 atom stereocenters. The monoisotopic (exact) mass is 351 g/mol. The Morgan fingerprint density at radius 3 is 2.50 bits per heavy atom. The van der Waals surface area contributed by atoms with Crippen molar-refractivity contribution in [2.24, 2.45) is 5.92 Å². The Hall–Kier alpha value is -0.290. The van der Waals surface area contributed by atoms with Gasteiger partial charge in [0, 0.05) is 15.2 Å². The van der Waals surface area contributed by atoms with E-state index in [2.05, 4.69) is 41.8 Å². The zero-order valence-electron chi connectivity index (χ0n) is 9.55. The summed E-state index contributed by atoms with van der Waals surface area (Å²) >= 11 is 8.11. The highest BCUT2D eigenvalue weighted by Crippen LogP contribution is 2.19. The van der Waals surface area contributed by atoms with E-state index in [1.54, 1.807) is 12.1 Å². The smallest absolute Gasteiger partial charge is 0.251 e. The number of benzene rings is 1. The van der Waals surface area contributed by atoms with E-state index >= 15 is 0 Å². The first-order valence-corrected chi connectivity index (χ1v) is 6.63. The van der Waals surface area contributed by atoms with Crippen LogP contribution in [0.5, 0.6) is 0 Å². The van der Waals surface area contributed by atoms with Crippen molar-refractivity contribution in [3.8, 4) is 0 Å². The molecule has 0 saturated carbocycles. The lowest BCUT2D eigenvalue weighted by molar-refractivity contribution is 0.0930. The predicted octanol–water partition coefficient (Wildman–Crippen LogP) is 3.72. The van der Waals surface area contributed by atoms with E-state index in [9.17, 15) is 4.79 Å². The van der Waals surface area contributed by atoms with Gasteiger partial charge in [-0.1, -0.05) is 25.4 Å². The van der Waals surface area contributed by atoms with E-state index in [-0.39, 0.29) is 11.9 Å². The van der Waals surface area contributed by atoms with Crippen LogP contribution in [-0.4, -0.2) is 11.9 Å². The largest absolute Gasteiger partial charge is 0.349 e. The molecule has 0 heterocycles. The molecule has 4 heteroatoms. The molecule has 0 aliphatic rings. The van der Waals surface area contributed by atoms with Gasteiger partial charge in [-0.3, -0.25) is 4.79 Å². The SMILES string of the molecule is CC(C)C(C)NC(=O)c1ccc(I)c(Cl)c1. The number of nitrogens with one attached hydrogen (secondary N) is 1. The number of halogens is 2. The van der Waals surface area contributed by atoms with Crippen molar-refractivity contribution >= 4 is 40.1 Å². The third kappa shape index (κ3) is 3.63. The van der Waals surface area contributed by atoms with Crippen molar-refractivity contribution in [1.29, 1.82) is 0 Å². The fraction of sp³-hybridized carbons (Fsp3) is 0.417. The predicted molar refractivity (Wildman–Crippen MR) is 75.9 cm³/mol. The molecule has 2 nitrogen and oxygen atoms in total. The average Bonchev–Trinajstić information content (AvgIpc) is 2.21. The fourth-order valence-electron chi connectivity index (χ4n) is 1.09. The van der Waals surface area contributed by atoms with Crippen LogP contribution in [0.15, 0.2) is 18.2 Å². The molecule has 1 aromatic rings. The van der Waals surface area contributed by atoms with Crippen LogP contribution in [0.2, 0.25) is 5.02 Å². The normalized spacial score (nSPS) is 12.6. The molecule has 16 heavy (non-hydrogen) atoms. The summed E-state index contributed by atoms with van der Waals surface area (Å²) in [5.74, 6) is 0.350. The molecule has 1 N–H and O–H groups in total. The molecule has 0 aromatic heterocycles. The molecule has 0 radical (unpaired) electrons. The lowest BCUT2D eigenvalue weighted by Gasteiger charge is -2.17.